The van der Waals surface area contributed by atoms with Crippen molar-refractivity contribution >= 4 is 60.8 Å². The van der Waals surface area contributed by atoms with Crippen LogP contribution in [-0.4, -0.2) is 9.13 Å². The molecule has 1 unspecified atom stereocenters. The summed E-state index contributed by atoms with van der Waals surface area (Å²) in [6, 6.07) is 48.4. The van der Waals surface area contributed by atoms with E-state index in [1.54, 1.807) is 0 Å². The smallest absolute Gasteiger partial charge is 0.308 e. The van der Waals surface area contributed by atoms with Gasteiger partial charge in [0.15, 0.2) is 16.9 Å². The SMILES string of the molecule is CC1(C)c2ccccc2N2c3cccc4c3C35c6c7c(cc8c9ccccc9n(c68)-c6cccc([n+]63)-c3ccc1c2[n+]35)c1ccccc1n7-4. The van der Waals surface area contributed by atoms with Crippen molar-refractivity contribution in [3.63, 3.8) is 0 Å². The summed E-state index contributed by atoms with van der Waals surface area (Å²) in [5.41, 5.74) is 16.1. The zero-order chi connectivity index (χ0) is 31.7. The van der Waals surface area contributed by atoms with Gasteiger partial charge < -0.3 is 4.57 Å². The summed E-state index contributed by atoms with van der Waals surface area (Å²) in [6.45, 7) is 4.81. The van der Waals surface area contributed by atoms with Crippen molar-refractivity contribution in [3.05, 3.63) is 150 Å². The molecule has 226 valence electrons. The minimum absolute atomic E-state index is 0.188. The van der Waals surface area contributed by atoms with Crippen LogP contribution in [0, 0.1) is 0 Å². The molecule has 0 saturated carbocycles. The first kappa shape index (κ1) is 24.0. The standard InChI is InChI=1S/C44H27N5/c1-43(2)28-13-5-8-16-32(28)46-36-19-9-18-35-38(36)44-39-40-26(24-11-3-6-14-30(24)45(35)40)23-27-25-12-4-7-15-31(25)47(41(27)39)37-20-10-17-33(48(37)44)34-22-21-29(43)42(46)49(34)44/h3-23H,1-2H3/q+2. The molecule has 5 aliphatic rings. The summed E-state index contributed by atoms with van der Waals surface area (Å²) in [7, 11) is 0. The Hall–Kier alpha value is -6.20. The van der Waals surface area contributed by atoms with Crippen LogP contribution in [0.2, 0.25) is 0 Å². The topological polar surface area (TPSA) is 20.9 Å². The lowest BCUT2D eigenvalue weighted by Gasteiger charge is -2.45. The Bertz CT molecular complexity index is 3160. The second-order valence-corrected chi connectivity index (χ2v) is 15.0. The van der Waals surface area contributed by atoms with Crippen LogP contribution in [-0.2, 0) is 11.1 Å². The second-order valence-electron chi connectivity index (χ2n) is 15.0. The van der Waals surface area contributed by atoms with Crippen molar-refractivity contribution in [3.8, 4) is 22.9 Å². The fraction of sp³-hybridized carbons (Fsp3) is 0.0909. The number of fused-ring (bicyclic) bond motifs is 12. The van der Waals surface area contributed by atoms with Crippen molar-refractivity contribution in [2.24, 2.45) is 0 Å². The Kier molecular flexibility index (Phi) is 3.49. The maximum Gasteiger partial charge on any atom is 0.319 e. The summed E-state index contributed by atoms with van der Waals surface area (Å²) in [5.74, 6) is 2.49. The van der Waals surface area contributed by atoms with Crippen LogP contribution in [0.1, 0.15) is 36.1 Å². The summed E-state index contributed by atoms with van der Waals surface area (Å²) in [6.07, 6.45) is 0. The molecule has 5 aromatic carbocycles. The van der Waals surface area contributed by atoms with Gasteiger partial charge in [0, 0.05) is 38.6 Å². The highest BCUT2D eigenvalue weighted by Gasteiger charge is 2.70. The van der Waals surface area contributed by atoms with E-state index in [1.807, 2.05) is 0 Å². The third kappa shape index (κ3) is 2.14. The molecule has 0 fully saturated rings. The van der Waals surface area contributed by atoms with E-state index in [9.17, 15) is 0 Å². The van der Waals surface area contributed by atoms with Gasteiger partial charge in [-0.3, -0.25) is 0 Å². The number of hydrogen-bond donors (Lipinski definition) is 0. The van der Waals surface area contributed by atoms with Crippen molar-refractivity contribution in [2.45, 2.75) is 24.9 Å². The van der Waals surface area contributed by atoms with Crippen molar-refractivity contribution in [1.82, 2.24) is 9.13 Å². The monoisotopic (exact) mass is 625 g/mol. The quantitative estimate of drug-likeness (QED) is 0.154. The molecular formula is C44H27N5+2. The van der Waals surface area contributed by atoms with E-state index in [1.165, 1.54) is 106 Å². The van der Waals surface area contributed by atoms with Crippen LogP contribution in [0.5, 0.6) is 0 Å². The average Bonchev–Trinajstić information content (AvgIpc) is 3.76. The van der Waals surface area contributed by atoms with Gasteiger partial charge in [0.2, 0.25) is 0 Å². The van der Waals surface area contributed by atoms with Gasteiger partial charge in [0.05, 0.1) is 22.3 Å². The van der Waals surface area contributed by atoms with Gasteiger partial charge in [-0.25, -0.2) is 0 Å². The van der Waals surface area contributed by atoms with Crippen LogP contribution < -0.4 is 14.0 Å². The number of rotatable bonds is 0. The molecule has 14 rings (SSSR count). The van der Waals surface area contributed by atoms with Gasteiger partial charge in [-0.2, -0.15) is 18.6 Å². The molecule has 9 heterocycles. The molecule has 0 aliphatic carbocycles. The normalized spacial score (nSPS) is 18.6. The predicted molar refractivity (Wildman–Crippen MR) is 193 cm³/mol. The lowest BCUT2D eigenvalue weighted by molar-refractivity contribution is -0.931. The van der Waals surface area contributed by atoms with E-state index in [0.29, 0.717) is 0 Å². The number of aromatic nitrogens is 4. The molecule has 9 aromatic rings. The Morgan fingerprint density at radius 1 is 0.490 bits per heavy atom. The predicted octanol–water partition coefficient (Wildman–Crippen LogP) is 8.78. The first-order valence-electron chi connectivity index (χ1n) is 17.3. The first-order chi connectivity index (χ1) is 24.1. The Labute approximate surface area is 280 Å². The molecule has 49 heavy (non-hydrogen) atoms. The number of pyridine rings is 2. The summed E-state index contributed by atoms with van der Waals surface area (Å²) in [4.78, 5) is 2.59. The molecule has 4 aromatic heterocycles. The first-order valence-corrected chi connectivity index (χ1v) is 17.3. The number of hydrogen-bond acceptors (Lipinski definition) is 1. The van der Waals surface area contributed by atoms with Crippen molar-refractivity contribution < 1.29 is 9.13 Å². The summed E-state index contributed by atoms with van der Waals surface area (Å²) < 4.78 is 10.6. The van der Waals surface area contributed by atoms with Gasteiger partial charge in [-0.15, -0.1) is 0 Å². The maximum absolute atomic E-state index is 2.75. The van der Waals surface area contributed by atoms with Crippen molar-refractivity contribution in [1.29, 1.82) is 0 Å². The molecule has 5 heteroatoms. The van der Waals surface area contributed by atoms with E-state index < -0.39 is 5.66 Å². The van der Waals surface area contributed by atoms with Gasteiger partial charge in [0.1, 0.15) is 28.0 Å². The molecule has 0 N–H and O–H groups in total. The lowest BCUT2D eigenvalue weighted by atomic mass is 9.72. The molecule has 0 radical (unpaired) electrons. The minimum atomic E-state index is -0.621. The Morgan fingerprint density at radius 2 is 1.14 bits per heavy atom. The summed E-state index contributed by atoms with van der Waals surface area (Å²) >= 11 is 0. The zero-order valence-electron chi connectivity index (χ0n) is 26.9. The van der Waals surface area contributed by atoms with Crippen LogP contribution in [0.3, 0.4) is 0 Å². The third-order valence-corrected chi connectivity index (χ3v) is 12.7. The largest absolute Gasteiger partial charge is 0.319 e. The van der Waals surface area contributed by atoms with E-state index in [0.717, 1.165) is 0 Å². The van der Waals surface area contributed by atoms with Gasteiger partial charge >= 0.3 is 5.66 Å². The molecular weight excluding hydrogens is 599 g/mol. The highest BCUT2D eigenvalue weighted by atomic mass is 15.5. The van der Waals surface area contributed by atoms with E-state index in [4.69, 9.17) is 0 Å². The van der Waals surface area contributed by atoms with Gasteiger partial charge in [-0.05, 0) is 66.7 Å². The second kappa shape index (κ2) is 7.13. The Morgan fingerprint density at radius 3 is 1.98 bits per heavy atom. The molecule has 0 saturated heterocycles. The van der Waals surface area contributed by atoms with E-state index in [-0.39, 0.29) is 5.41 Å². The molecule has 0 amide bonds. The minimum Gasteiger partial charge on any atom is -0.308 e. The molecule has 5 aliphatic heterocycles. The fourth-order valence-electron chi connectivity index (χ4n) is 11.0. The fourth-order valence-corrected chi connectivity index (χ4v) is 11.0. The van der Waals surface area contributed by atoms with Gasteiger partial charge in [0.25, 0.3) is 11.6 Å². The molecule has 5 nitrogen and oxygen atoms in total. The summed E-state index contributed by atoms with van der Waals surface area (Å²) in [5, 5.41) is 5.24. The third-order valence-electron chi connectivity index (χ3n) is 12.7. The highest BCUT2D eigenvalue weighted by molar-refractivity contribution is 6.22. The number of anilines is 3. The number of nitrogens with zero attached hydrogens (tertiary/aromatic N) is 5. The zero-order valence-corrected chi connectivity index (χ0v) is 26.9. The molecule has 1 atom stereocenters. The van der Waals surface area contributed by atoms with Gasteiger partial charge in [-0.1, -0.05) is 68.4 Å². The van der Waals surface area contributed by atoms with Crippen LogP contribution in [0.15, 0.2) is 127 Å². The van der Waals surface area contributed by atoms with E-state index >= 15 is 0 Å². The number of benzene rings is 5. The highest BCUT2D eigenvalue weighted by Crippen LogP contribution is 2.62. The average molecular weight is 626 g/mol. The van der Waals surface area contributed by atoms with Crippen LogP contribution in [0.4, 0.5) is 17.2 Å². The van der Waals surface area contributed by atoms with E-state index in [2.05, 4.69) is 164 Å². The lowest BCUT2D eigenvalue weighted by Crippen LogP contribution is -2.76. The van der Waals surface area contributed by atoms with Crippen LogP contribution in [0.25, 0.3) is 66.5 Å². The number of para-hydroxylation sites is 3. The molecule has 0 bridgehead atoms. The van der Waals surface area contributed by atoms with Crippen LogP contribution >= 0.6 is 0 Å². The van der Waals surface area contributed by atoms with Crippen molar-refractivity contribution in [2.75, 3.05) is 4.90 Å². The maximum atomic E-state index is 2.75. The molecule has 1 spiro atoms. The Balaban J connectivity index is 1.36.